The van der Waals surface area contributed by atoms with Gasteiger partial charge in [-0.3, -0.25) is 9.52 Å². The Balaban J connectivity index is 1.84. The first-order chi connectivity index (χ1) is 16.8. The monoisotopic (exact) mass is 551 g/mol. The number of sulfonamides is 2. The van der Waals surface area contributed by atoms with Gasteiger partial charge in [-0.1, -0.05) is 29.3 Å². The van der Waals surface area contributed by atoms with E-state index in [1.54, 1.807) is 26.0 Å². The lowest BCUT2D eigenvalue weighted by molar-refractivity contribution is 0.102. The standard InChI is InChI=1S/C24H26ClN3O6S2/c1-15(2)27-36(32,33)19-10-12-23(34-4)22(14-19)26-24(29)20-11-7-17(13-21(20)25)28-35(30,31)18-8-5-16(3)6-9-18/h5-15,27-28H,1-4H3,(H,26,29). The van der Waals surface area contributed by atoms with Crippen molar-refractivity contribution in [3.8, 4) is 5.75 Å². The van der Waals surface area contributed by atoms with Crippen LogP contribution >= 0.6 is 11.6 Å². The highest BCUT2D eigenvalue weighted by atomic mass is 35.5. The maximum absolute atomic E-state index is 12.9. The molecule has 3 aromatic carbocycles. The molecule has 0 heterocycles. The van der Waals surface area contributed by atoms with Crippen molar-refractivity contribution in [2.45, 2.75) is 36.6 Å². The molecule has 0 aliphatic rings. The molecule has 9 nitrogen and oxygen atoms in total. The maximum atomic E-state index is 12.9. The first-order valence-electron chi connectivity index (χ1n) is 10.7. The predicted molar refractivity (Wildman–Crippen MR) is 140 cm³/mol. The molecule has 3 rings (SSSR count). The number of aryl methyl sites for hydroxylation is 1. The highest BCUT2D eigenvalue weighted by Crippen LogP contribution is 2.30. The summed E-state index contributed by atoms with van der Waals surface area (Å²) in [6.45, 7) is 5.23. The van der Waals surface area contributed by atoms with E-state index in [2.05, 4.69) is 14.8 Å². The normalized spacial score (nSPS) is 11.8. The van der Waals surface area contributed by atoms with E-state index in [9.17, 15) is 21.6 Å². The summed E-state index contributed by atoms with van der Waals surface area (Å²) < 4.78 is 60.5. The van der Waals surface area contributed by atoms with E-state index in [0.29, 0.717) is 0 Å². The van der Waals surface area contributed by atoms with Crippen molar-refractivity contribution in [3.63, 3.8) is 0 Å². The van der Waals surface area contributed by atoms with Crippen molar-refractivity contribution in [2.75, 3.05) is 17.1 Å². The zero-order chi connectivity index (χ0) is 26.7. The summed E-state index contributed by atoms with van der Waals surface area (Å²) in [7, 11) is -6.28. The van der Waals surface area contributed by atoms with E-state index in [1.165, 1.54) is 55.6 Å². The van der Waals surface area contributed by atoms with E-state index < -0.39 is 26.0 Å². The van der Waals surface area contributed by atoms with E-state index in [4.69, 9.17) is 16.3 Å². The van der Waals surface area contributed by atoms with E-state index in [0.717, 1.165) is 5.56 Å². The Kier molecular flexibility index (Phi) is 8.29. The third kappa shape index (κ3) is 6.55. The molecule has 0 radical (unpaired) electrons. The van der Waals surface area contributed by atoms with Gasteiger partial charge < -0.3 is 10.1 Å². The predicted octanol–water partition coefficient (Wildman–Crippen LogP) is 4.40. The van der Waals surface area contributed by atoms with Gasteiger partial charge in [0.25, 0.3) is 15.9 Å². The van der Waals surface area contributed by atoms with Crippen LogP contribution in [0.5, 0.6) is 5.75 Å². The smallest absolute Gasteiger partial charge is 0.261 e. The lowest BCUT2D eigenvalue weighted by Gasteiger charge is -2.15. The van der Waals surface area contributed by atoms with Crippen molar-refractivity contribution in [1.29, 1.82) is 0 Å². The molecule has 0 bridgehead atoms. The average Bonchev–Trinajstić information content (AvgIpc) is 2.78. The molecule has 3 aromatic rings. The summed E-state index contributed by atoms with van der Waals surface area (Å²) in [6, 6.07) is 14.2. The Hall–Kier alpha value is -3.12. The number of halogens is 1. The number of hydrogen-bond acceptors (Lipinski definition) is 6. The number of carbonyl (C=O) groups is 1. The number of nitrogens with one attached hydrogen (secondary N) is 3. The molecule has 0 atom stereocenters. The second-order valence-electron chi connectivity index (χ2n) is 8.21. The Bertz CT molecular complexity index is 1490. The molecular formula is C24H26ClN3O6S2. The van der Waals surface area contributed by atoms with Crippen molar-refractivity contribution in [3.05, 3.63) is 76.8 Å². The number of rotatable bonds is 9. The number of methoxy groups -OCH3 is 1. The number of ether oxygens (including phenoxy) is 1. The van der Waals surface area contributed by atoms with Crippen LogP contribution in [-0.2, 0) is 20.0 Å². The van der Waals surface area contributed by atoms with E-state index in [1.807, 2.05) is 6.92 Å². The molecule has 0 saturated heterocycles. The summed E-state index contributed by atoms with van der Waals surface area (Å²) in [5, 5.41) is 2.59. The highest BCUT2D eigenvalue weighted by Gasteiger charge is 2.20. The van der Waals surface area contributed by atoms with Gasteiger partial charge in [-0.15, -0.1) is 0 Å². The Labute approximate surface area is 215 Å². The van der Waals surface area contributed by atoms with Gasteiger partial charge in [0.15, 0.2) is 0 Å². The van der Waals surface area contributed by atoms with Gasteiger partial charge in [-0.05, 0) is 69.3 Å². The van der Waals surface area contributed by atoms with Crippen LogP contribution < -0.4 is 19.5 Å². The molecular weight excluding hydrogens is 526 g/mol. The lowest BCUT2D eigenvalue weighted by Crippen LogP contribution is -2.30. The molecule has 0 saturated carbocycles. The molecule has 0 aliphatic heterocycles. The fraction of sp³-hybridized carbons (Fsp3) is 0.208. The van der Waals surface area contributed by atoms with Gasteiger partial charge in [0.2, 0.25) is 10.0 Å². The Morgan fingerprint density at radius 1 is 0.889 bits per heavy atom. The fourth-order valence-electron chi connectivity index (χ4n) is 3.21. The SMILES string of the molecule is COc1ccc(S(=O)(=O)NC(C)C)cc1NC(=O)c1ccc(NS(=O)(=O)c2ccc(C)cc2)cc1Cl. The molecule has 3 N–H and O–H groups in total. The molecule has 0 aliphatic carbocycles. The topological polar surface area (TPSA) is 131 Å². The second kappa shape index (κ2) is 10.9. The van der Waals surface area contributed by atoms with Crippen LogP contribution in [0.2, 0.25) is 5.02 Å². The maximum Gasteiger partial charge on any atom is 0.261 e. The zero-order valence-corrected chi connectivity index (χ0v) is 22.4. The number of anilines is 2. The van der Waals surface area contributed by atoms with Crippen molar-refractivity contribution < 1.29 is 26.4 Å². The summed E-state index contributed by atoms with van der Waals surface area (Å²) in [4.78, 5) is 13.0. The molecule has 0 fully saturated rings. The summed E-state index contributed by atoms with van der Waals surface area (Å²) in [5.74, 6) is -0.400. The van der Waals surface area contributed by atoms with Gasteiger partial charge in [0, 0.05) is 6.04 Å². The van der Waals surface area contributed by atoms with Gasteiger partial charge in [-0.25, -0.2) is 21.6 Å². The minimum absolute atomic E-state index is 0.0131. The molecule has 192 valence electrons. The first-order valence-corrected chi connectivity index (χ1v) is 14.1. The van der Waals surface area contributed by atoms with Crippen molar-refractivity contribution >= 4 is 48.9 Å². The first kappa shape index (κ1) is 27.5. The number of amides is 1. The average molecular weight is 552 g/mol. The minimum Gasteiger partial charge on any atom is -0.495 e. The Morgan fingerprint density at radius 2 is 1.53 bits per heavy atom. The highest BCUT2D eigenvalue weighted by molar-refractivity contribution is 7.92. The molecule has 0 spiro atoms. The summed E-state index contributed by atoms with van der Waals surface area (Å²) in [6.07, 6.45) is 0. The molecule has 0 aromatic heterocycles. The van der Waals surface area contributed by atoms with Crippen molar-refractivity contribution in [1.82, 2.24) is 4.72 Å². The van der Waals surface area contributed by atoms with Crippen LogP contribution in [-0.4, -0.2) is 35.9 Å². The van der Waals surface area contributed by atoms with Gasteiger partial charge in [0.05, 0.1) is 38.9 Å². The lowest BCUT2D eigenvalue weighted by atomic mass is 10.2. The van der Waals surface area contributed by atoms with Crippen molar-refractivity contribution in [2.24, 2.45) is 0 Å². The third-order valence-electron chi connectivity index (χ3n) is 4.92. The van der Waals surface area contributed by atoms with Crippen LogP contribution in [0.4, 0.5) is 11.4 Å². The molecule has 12 heteroatoms. The molecule has 36 heavy (non-hydrogen) atoms. The Morgan fingerprint density at radius 3 is 2.11 bits per heavy atom. The largest absolute Gasteiger partial charge is 0.495 e. The molecule has 1 amide bonds. The van der Waals surface area contributed by atoms with Crippen LogP contribution in [0, 0.1) is 6.92 Å². The van der Waals surface area contributed by atoms with Gasteiger partial charge in [0.1, 0.15) is 5.75 Å². The number of benzene rings is 3. The van der Waals surface area contributed by atoms with Gasteiger partial charge >= 0.3 is 0 Å². The van der Waals surface area contributed by atoms with Crippen LogP contribution in [0.25, 0.3) is 0 Å². The number of hydrogen-bond donors (Lipinski definition) is 3. The summed E-state index contributed by atoms with van der Waals surface area (Å²) >= 11 is 6.29. The second-order valence-corrected chi connectivity index (χ2v) is 12.0. The minimum atomic E-state index is -3.85. The van der Waals surface area contributed by atoms with Gasteiger partial charge in [-0.2, -0.15) is 0 Å². The summed E-state index contributed by atoms with van der Waals surface area (Å²) in [5.41, 5.74) is 1.26. The fourth-order valence-corrected chi connectivity index (χ4v) is 5.81. The number of carbonyl (C=O) groups excluding carboxylic acids is 1. The van der Waals surface area contributed by atoms with Crippen LogP contribution in [0.1, 0.15) is 29.8 Å². The van der Waals surface area contributed by atoms with Crippen LogP contribution in [0.3, 0.4) is 0 Å². The van der Waals surface area contributed by atoms with E-state index >= 15 is 0 Å². The van der Waals surface area contributed by atoms with Crippen LogP contribution in [0.15, 0.2) is 70.5 Å². The third-order valence-corrected chi connectivity index (χ3v) is 8.28. The quantitative estimate of drug-likeness (QED) is 0.361. The van der Waals surface area contributed by atoms with E-state index in [-0.39, 0.29) is 43.5 Å². The zero-order valence-electron chi connectivity index (χ0n) is 20.0. The molecule has 0 unspecified atom stereocenters.